The van der Waals surface area contributed by atoms with Gasteiger partial charge in [-0.15, -0.1) is 0 Å². The summed E-state index contributed by atoms with van der Waals surface area (Å²) in [5, 5.41) is 0. The van der Waals surface area contributed by atoms with E-state index >= 15 is 8.78 Å². The van der Waals surface area contributed by atoms with E-state index < -0.39 is 23.1 Å². The third-order valence-corrected chi connectivity index (χ3v) is 6.33. The Morgan fingerprint density at radius 1 is 1.00 bits per heavy atom. The Labute approximate surface area is 192 Å². The van der Waals surface area contributed by atoms with Crippen molar-refractivity contribution in [1.29, 1.82) is 0 Å². The average Bonchev–Trinajstić information content (AvgIpc) is 3.23. The van der Waals surface area contributed by atoms with Crippen molar-refractivity contribution in [1.82, 2.24) is 4.98 Å². The van der Waals surface area contributed by atoms with Crippen LogP contribution in [0, 0.1) is 17.6 Å². The van der Waals surface area contributed by atoms with Gasteiger partial charge in [0.05, 0.1) is 13.2 Å². The van der Waals surface area contributed by atoms with Gasteiger partial charge < -0.3 is 19.9 Å². The van der Waals surface area contributed by atoms with Gasteiger partial charge in [0.2, 0.25) is 5.95 Å². The van der Waals surface area contributed by atoms with Crippen molar-refractivity contribution < 1.29 is 27.4 Å². The summed E-state index contributed by atoms with van der Waals surface area (Å²) >= 11 is 0. The molecule has 1 spiro atoms. The van der Waals surface area contributed by atoms with Gasteiger partial charge in [-0.05, 0) is 47.9 Å². The maximum atomic E-state index is 15.4. The lowest BCUT2D eigenvalue weighted by Crippen LogP contribution is -2.32. The number of hydrogen-bond donors (Lipinski definition) is 1. The highest BCUT2D eigenvalue weighted by atomic mass is 19.1. The van der Waals surface area contributed by atoms with Crippen LogP contribution in [0.5, 0.6) is 11.5 Å². The number of aliphatic imine (C=N–C) groups is 1. The fraction of sp³-hybridized carbons (Fsp3) is 0.200. The van der Waals surface area contributed by atoms with E-state index in [1.807, 2.05) is 6.08 Å². The average molecular weight is 465 g/mol. The van der Waals surface area contributed by atoms with Gasteiger partial charge >= 0.3 is 0 Å². The molecular weight excluding hydrogens is 447 g/mol. The smallest absolute Gasteiger partial charge is 0.283 e. The molecule has 1 atom stereocenters. The quantitative estimate of drug-likeness (QED) is 0.557. The number of ether oxygens (including phenoxy) is 3. The van der Waals surface area contributed by atoms with Crippen molar-refractivity contribution in [3.63, 3.8) is 0 Å². The minimum atomic E-state index is -1.29. The zero-order chi connectivity index (χ0) is 23.4. The number of benzene rings is 2. The van der Waals surface area contributed by atoms with Crippen molar-refractivity contribution in [2.45, 2.75) is 12.0 Å². The summed E-state index contributed by atoms with van der Waals surface area (Å²) in [6.45, 7) is 0.919. The van der Waals surface area contributed by atoms with E-state index in [-0.39, 0.29) is 35.3 Å². The molecule has 0 fully saturated rings. The SMILES string of the molecule is NC1=N[C@@]2(CO1)c1cc(-c3cccnc3F)c(F)cc1Oc1c(F)cc(C3=CCOCC3)cc12. The Balaban J connectivity index is 1.59. The Hall–Kier alpha value is -3.85. The molecule has 0 saturated carbocycles. The number of pyridine rings is 1. The molecule has 34 heavy (non-hydrogen) atoms. The molecule has 0 bridgehead atoms. The van der Waals surface area contributed by atoms with Crippen LogP contribution in [0.25, 0.3) is 16.7 Å². The third kappa shape index (κ3) is 3.07. The van der Waals surface area contributed by atoms with Crippen LogP contribution in [0.4, 0.5) is 13.2 Å². The molecule has 6 rings (SSSR count). The van der Waals surface area contributed by atoms with Gasteiger partial charge in [-0.3, -0.25) is 0 Å². The van der Waals surface area contributed by atoms with Crippen LogP contribution < -0.4 is 10.5 Å². The monoisotopic (exact) mass is 465 g/mol. The number of nitrogens with zero attached hydrogens (tertiary/aromatic N) is 2. The Kier molecular flexibility index (Phi) is 4.63. The van der Waals surface area contributed by atoms with Crippen LogP contribution in [0.1, 0.15) is 23.1 Å². The molecule has 0 aliphatic carbocycles. The van der Waals surface area contributed by atoms with Crippen molar-refractivity contribution in [3.8, 4) is 22.6 Å². The highest BCUT2D eigenvalue weighted by Crippen LogP contribution is 2.53. The lowest BCUT2D eigenvalue weighted by atomic mass is 9.79. The summed E-state index contributed by atoms with van der Waals surface area (Å²) in [5.74, 6) is -2.21. The molecule has 6 nitrogen and oxygen atoms in total. The van der Waals surface area contributed by atoms with Gasteiger partial charge in [-0.25, -0.2) is 18.8 Å². The first-order valence-electron chi connectivity index (χ1n) is 10.7. The van der Waals surface area contributed by atoms with E-state index in [0.717, 1.165) is 11.6 Å². The number of nitrogens with two attached hydrogens (primary N) is 1. The van der Waals surface area contributed by atoms with Crippen LogP contribution in [0.3, 0.4) is 0 Å². The van der Waals surface area contributed by atoms with E-state index in [9.17, 15) is 4.39 Å². The molecule has 0 saturated heterocycles. The molecule has 3 aliphatic rings. The van der Waals surface area contributed by atoms with Crippen LogP contribution in [-0.4, -0.2) is 30.8 Å². The molecule has 4 heterocycles. The van der Waals surface area contributed by atoms with E-state index in [2.05, 4.69) is 9.98 Å². The van der Waals surface area contributed by atoms with Gasteiger partial charge in [0.25, 0.3) is 6.02 Å². The van der Waals surface area contributed by atoms with E-state index in [1.165, 1.54) is 30.5 Å². The Morgan fingerprint density at radius 3 is 2.62 bits per heavy atom. The van der Waals surface area contributed by atoms with Gasteiger partial charge in [0.15, 0.2) is 17.1 Å². The molecule has 172 valence electrons. The van der Waals surface area contributed by atoms with E-state index in [0.29, 0.717) is 36.3 Å². The van der Waals surface area contributed by atoms with Crippen molar-refractivity contribution in [2.75, 3.05) is 19.8 Å². The Morgan fingerprint density at radius 2 is 1.88 bits per heavy atom. The van der Waals surface area contributed by atoms with Gasteiger partial charge in [-0.2, -0.15) is 4.39 Å². The lowest BCUT2D eigenvalue weighted by Gasteiger charge is -2.34. The lowest BCUT2D eigenvalue weighted by molar-refractivity contribution is 0.161. The number of aromatic nitrogens is 1. The summed E-state index contributed by atoms with van der Waals surface area (Å²) in [7, 11) is 0. The van der Waals surface area contributed by atoms with Crippen LogP contribution in [0.2, 0.25) is 0 Å². The first kappa shape index (κ1) is 20.7. The van der Waals surface area contributed by atoms with Crippen LogP contribution in [-0.2, 0) is 15.0 Å². The van der Waals surface area contributed by atoms with Gasteiger partial charge in [0.1, 0.15) is 18.2 Å². The van der Waals surface area contributed by atoms with Crippen LogP contribution in [0.15, 0.2) is 53.7 Å². The number of halogens is 3. The van der Waals surface area contributed by atoms with Crippen molar-refractivity contribution >= 4 is 11.6 Å². The fourth-order valence-electron chi connectivity index (χ4n) is 4.70. The molecule has 0 radical (unpaired) electrons. The zero-order valence-corrected chi connectivity index (χ0v) is 17.8. The second-order valence-electron chi connectivity index (χ2n) is 8.26. The molecule has 2 N–H and O–H groups in total. The standard InChI is InChI=1S/C25H18F3N3O3/c26-19-11-21-17(10-16(19)15-2-1-5-30-23(15)28)25(12-33-24(29)31-25)18-8-14(9-20(27)22(18)34-21)13-3-6-32-7-4-13/h1-3,5,8-11H,4,6-7,12H2,(H2,29,31)/t25-/m0/s1. The Bertz CT molecular complexity index is 1410. The second kappa shape index (κ2) is 7.59. The fourth-order valence-corrected chi connectivity index (χ4v) is 4.70. The van der Waals surface area contributed by atoms with Gasteiger partial charge in [0, 0.05) is 34.5 Å². The van der Waals surface area contributed by atoms with Crippen LogP contribution >= 0.6 is 0 Å². The summed E-state index contributed by atoms with van der Waals surface area (Å²) in [5.41, 5.74) is 6.93. The number of amidine groups is 1. The first-order valence-corrected chi connectivity index (χ1v) is 10.7. The molecule has 3 aromatic rings. The predicted molar refractivity (Wildman–Crippen MR) is 118 cm³/mol. The predicted octanol–water partition coefficient (Wildman–Crippen LogP) is 4.66. The zero-order valence-electron chi connectivity index (χ0n) is 17.8. The van der Waals surface area contributed by atoms with E-state index in [4.69, 9.17) is 19.9 Å². The summed E-state index contributed by atoms with van der Waals surface area (Å²) < 4.78 is 61.6. The summed E-state index contributed by atoms with van der Waals surface area (Å²) in [6, 6.07) is 8.56. The third-order valence-electron chi connectivity index (χ3n) is 6.33. The highest BCUT2D eigenvalue weighted by molar-refractivity contribution is 5.79. The molecule has 0 amide bonds. The normalized spacial score (nSPS) is 20.7. The summed E-state index contributed by atoms with van der Waals surface area (Å²) in [6.07, 6.45) is 3.80. The number of rotatable bonds is 2. The minimum absolute atomic E-state index is 0.0214. The maximum absolute atomic E-state index is 15.4. The highest BCUT2D eigenvalue weighted by Gasteiger charge is 2.48. The van der Waals surface area contributed by atoms with E-state index in [1.54, 1.807) is 6.07 Å². The first-order chi connectivity index (χ1) is 16.5. The molecule has 1 aromatic heterocycles. The van der Waals surface area contributed by atoms with Crippen molar-refractivity contribution in [2.24, 2.45) is 10.7 Å². The molecule has 9 heteroatoms. The molecule has 2 aromatic carbocycles. The topological polar surface area (TPSA) is 79.0 Å². The number of fused-ring (bicyclic) bond motifs is 4. The largest absolute Gasteiger partial charge is 0.462 e. The second-order valence-corrected chi connectivity index (χ2v) is 8.26. The minimum Gasteiger partial charge on any atom is -0.462 e. The molecular formula is C25H18F3N3O3. The van der Waals surface area contributed by atoms with Gasteiger partial charge in [-0.1, -0.05) is 6.08 Å². The number of hydrogen-bond acceptors (Lipinski definition) is 6. The molecule has 0 unspecified atom stereocenters. The maximum Gasteiger partial charge on any atom is 0.283 e. The van der Waals surface area contributed by atoms with Crippen molar-refractivity contribution in [3.05, 3.63) is 82.9 Å². The summed E-state index contributed by atoms with van der Waals surface area (Å²) in [4.78, 5) is 8.14. The molecule has 3 aliphatic heterocycles.